The normalized spacial score (nSPS) is 13.2. The van der Waals surface area contributed by atoms with E-state index in [2.05, 4.69) is 4.72 Å². The first-order valence-electron chi connectivity index (χ1n) is 6.85. The zero-order chi connectivity index (χ0) is 16.0. The van der Waals surface area contributed by atoms with Crippen LogP contribution in [0.5, 0.6) is 0 Å². The smallest absolute Gasteiger partial charge is 0.250 e. The topological polar surface area (TPSA) is 75.6 Å². The van der Waals surface area contributed by atoms with Crippen LogP contribution < -0.4 is 4.72 Å². The highest BCUT2D eigenvalue weighted by molar-refractivity contribution is 7.91. The molecule has 0 bridgehead atoms. The lowest BCUT2D eigenvalue weighted by Crippen LogP contribution is -2.29. The van der Waals surface area contributed by atoms with Crippen molar-refractivity contribution in [1.82, 2.24) is 4.72 Å². The Bertz CT molecular complexity index is 666. The maximum Gasteiger partial charge on any atom is 0.250 e. The van der Waals surface area contributed by atoms with E-state index in [-0.39, 0.29) is 24.0 Å². The standard InChI is InChI=1S/C15H19NO4S2/c1-12-4-6-13(7-5-12)14(20-9-8-17)11-16-22(18,19)15-3-2-10-21-15/h2-7,10,14,16-17H,8-9,11H2,1H3/t14-/m1/s1. The third-order valence-electron chi connectivity index (χ3n) is 3.08. The van der Waals surface area contributed by atoms with Crippen molar-refractivity contribution < 1.29 is 18.3 Å². The fourth-order valence-electron chi connectivity index (χ4n) is 1.92. The zero-order valence-corrected chi connectivity index (χ0v) is 13.9. The summed E-state index contributed by atoms with van der Waals surface area (Å²) in [4.78, 5) is 0. The highest BCUT2D eigenvalue weighted by Gasteiger charge is 2.19. The van der Waals surface area contributed by atoms with Crippen molar-refractivity contribution in [1.29, 1.82) is 0 Å². The molecule has 2 aromatic rings. The molecule has 2 N–H and O–H groups in total. The van der Waals surface area contributed by atoms with Gasteiger partial charge in [0, 0.05) is 6.54 Å². The first kappa shape index (κ1) is 17.1. The lowest BCUT2D eigenvalue weighted by atomic mass is 10.1. The summed E-state index contributed by atoms with van der Waals surface area (Å²) < 4.78 is 32.7. The summed E-state index contributed by atoms with van der Waals surface area (Å²) in [5.74, 6) is 0. The number of nitrogens with one attached hydrogen (secondary N) is 1. The minimum absolute atomic E-state index is 0.111. The maximum absolute atomic E-state index is 12.2. The van der Waals surface area contributed by atoms with Gasteiger partial charge in [-0.3, -0.25) is 0 Å². The number of sulfonamides is 1. The molecule has 0 aliphatic carbocycles. The Morgan fingerprint density at radius 3 is 2.59 bits per heavy atom. The molecule has 0 saturated heterocycles. The molecule has 1 heterocycles. The lowest BCUT2D eigenvalue weighted by molar-refractivity contribution is 0.0309. The van der Waals surface area contributed by atoms with Crippen LogP contribution in [-0.2, 0) is 14.8 Å². The molecular formula is C15H19NO4S2. The van der Waals surface area contributed by atoms with Gasteiger partial charge in [0.2, 0.25) is 10.0 Å². The molecule has 0 aliphatic heterocycles. The Morgan fingerprint density at radius 1 is 1.27 bits per heavy atom. The second-order valence-electron chi connectivity index (χ2n) is 4.78. The summed E-state index contributed by atoms with van der Waals surface area (Å²) in [6, 6.07) is 10.9. The van der Waals surface area contributed by atoms with E-state index in [1.165, 1.54) is 11.3 Å². The first-order valence-corrected chi connectivity index (χ1v) is 9.21. The van der Waals surface area contributed by atoms with Crippen LogP contribution in [0.2, 0.25) is 0 Å². The van der Waals surface area contributed by atoms with E-state index in [1.54, 1.807) is 17.5 Å². The van der Waals surface area contributed by atoms with Gasteiger partial charge in [-0.1, -0.05) is 35.9 Å². The molecule has 7 heteroatoms. The predicted molar refractivity (Wildman–Crippen MR) is 86.5 cm³/mol. The summed E-state index contributed by atoms with van der Waals surface area (Å²) in [5.41, 5.74) is 1.98. The van der Waals surface area contributed by atoms with Gasteiger partial charge in [0.05, 0.1) is 19.3 Å². The van der Waals surface area contributed by atoms with Crippen molar-refractivity contribution in [2.45, 2.75) is 17.2 Å². The average molecular weight is 341 g/mol. The summed E-state index contributed by atoms with van der Waals surface area (Å²) in [5, 5.41) is 10.6. The number of aliphatic hydroxyl groups is 1. The number of hydrogen-bond donors (Lipinski definition) is 2. The molecule has 0 saturated carbocycles. The first-order chi connectivity index (χ1) is 10.5. The quantitative estimate of drug-likeness (QED) is 0.771. The molecule has 0 spiro atoms. The fraction of sp³-hybridized carbons (Fsp3) is 0.333. The van der Waals surface area contributed by atoms with Crippen LogP contribution in [-0.4, -0.2) is 33.3 Å². The molecule has 0 aliphatic rings. The highest BCUT2D eigenvalue weighted by atomic mass is 32.2. The molecule has 1 aromatic carbocycles. The van der Waals surface area contributed by atoms with Gasteiger partial charge in [0.1, 0.15) is 4.21 Å². The van der Waals surface area contributed by atoms with Gasteiger partial charge in [-0.15, -0.1) is 11.3 Å². The van der Waals surface area contributed by atoms with Gasteiger partial charge < -0.3 is 9.84 Å². The molecule has 0 fully saturated rings. The molecule has 22 heavy (non-hydrogen) atoms. The van der Waals surface area contributed by atoms with Crippen molar-refractivity contribution in [2.75, 3.05) is 19.8 Å². The Balaban J connectivity index is 2.08. The molecule has 5 nitrogen and oxygen atoms in total. The molecule has 2 rings (SSSR count). The highest BCUT2D eigenvalue weighted by Crippen LogP contribution is 2.20. The van der Waals surface area contributed by atoms with Crippen LogP contribution in [0, 0.1) is 6.92 Å². The van der Waals surface area contributed by atoms with E-state index in [0.717, 1.165) is 11.1 Å². The molecule has 120 valence electrons. The molecule has 1 aromatic heterocycles. The van der Waals surface area contributed by atoms with E-state index >= 15 is 0 Å². The Morgan fingerprint density at radius 2 is 2.00 bits per heavy atom. The van der Waals surface area contributed by atoms with Crippen molar-refractivity contribution in [3.05, 3.63) is 52.9 Å². The summed E-state index contributed by atoms with van der Waals surface area (Å²) in [6.45, 7) is 2.13. The van der Waals surface area contributed by atoms with E-state index in [1.807, 2.05) is 31.2 Å². The minimum Gasteiger partial charge on any atom is -0.394 e. The third kappa shape index (κ3) is 4.62. The number of aryl methyl sites for hydroxylation is 1. The van der Waals surface area contributed by atoms with Gasteiger partial charge in [0.15, 0.2) is 0 Å². The predicted octanol–water partition coefficient (Wildman–Crippen LogP) is 2.09. The van der Waals surface area contributed by atoms with Crippen LogP contribution in [0.4, 0.5) is 0 Å². The number of aliphatic hydroxyl groups excluding tert-OH is 1. The fourth-order valence-corrected chi connectivity index (χ4v) is 3.99. The molecular weight excluding hydrogens is 322 g/mol. The summed E-state index contributed by atoms with van der Waals surface area (Å²) in [6.07, 6.45) is -0.442. The Hall–Kier alpha value is -1.25. The van der Waals surface area contributed by atoms with Crippen LogP contribution in [0.25, 0.3) is 0 Å². The van der Waals surface area contributed by atoms with Gasteiger partial charge in [-0.25, -0.2) is 13.1 Å². The van der Waals surface area contributed by atoms with Crippen LogP contribution in [0.3, 0.4) is 0 Å². The van der Waals surface area contributed by atoms with E-state index in [0.29, 0.717) is 0 Å². The van der Waals surface area contributed by atoms with Crippen molar-refractivity contribution in [2.24, 2.45) is 0 Å². The molecule has 0 unspecified atom stereocenters. The van der Waals surface area contributed by atoms with Gasteiger partial charge in [-0.05, 0) is 23.9 Å². The van der Waals surface area contributed by atoms with Crippen LogP contribution in [0.1, 0.15) is 17.2 Å². The maximum atomic E-state index is 12.2. The van der Waals surface area contributed by atoms with Gasteiger partial charge >= 0.3 is 0 Å². The summed E-state index contributed by atoms with van der Waals surface area (Å²) >= 11 is 1.17. The number of hydrogen-bond acceptors (Lipinski definition) is 5. The van der Waals surface area contributed by atoms with Crippen molar-refractivity contribution >= 4 is 21.4 Å². The zero-order valence-electron chi connectivity index (χ0n) is 12.2. The Labute approximate surface area is 134 Å². The molecule has 0 amide bonds. The van der Waals surface area contributed by atoms with Crippen molar-refractivity contribution in [3.8, 4) is 0 Å². The Kier molecular flexibility index (Phi) is 6.10. The second-order valence-corrected chi connectivity index (χ2v) is 7.72. The average Bonchev–Trinajstić information content (AvgIpc) is 3.04. The van der Waals surface area contributed by atoms with E-state index in [9.17, 15) is 8.42 Å². The monoisotopic (exact) mass is 341 g/mol. The molecule has 0 radical (unpaired) electrons. The number of thiophene rings is 1. The summed E-state index contributed by atoms with van der Waals surface area (Å²) in [7, 11) is -3.53. The number of benzene rings is 1. The second kappa shape index (κ2) is 7.85. The van der Waals surface area contributed by atoms with Crippen LogP contribution in [0.15, 0.2) is 46.0 Å². The largest absolute Gasteiger partial charge is 0.394 e. The molecule has 1 atom stereocenters. The van der Waals surface area contributed by atoms with Crippen LogP contribution >= 0.6 is 11.3 Å². The SMILES string of the molecule is Cc1ccc([C@@H](CNS(=O)(=O)c2cccs2)OCCO)cc1. The van der Waals surface area contributed by atoms with Crippen molar-refractivity contribution in [3.63, 3.8) is 0 Å². The minimum atomic E-state index is -3.53. The lowest BCUT2D eigenvalue weighted by Gasteiger charge is -2.18. The van der Waals surface area contributed by atoms with E-state index < -0.39 is 16.1 Å². The van der Waals surface area contributed by atoms with Gasteiger partial charge in [0.25, 0.3) is 0 Å². The number of ether oxygens (including phenoxy) is 1. The third-order valence-corrected chi connectivity index (χ3v) is 5.90. The number of rotatable bonds is 8. The van der Waals surface area contributed by atoms with Gasteiger partial charge in [-0.2, -0.15) is 0 Å². The van der Waals surface area contributed by atoms with E-state index in [4.69, 9.17) is 9.84 Å².